The van der Waals surface area contributed by atoms with E-state index in [1.165, 1.54) is 0 Å². The summed E-state index contributed by atoms with van der Waals surface area (Å²) in [4.78, 5) is 30.4. The molecule has 1 aromatic heterocycles. The van der Waals surface area contributed by atoms with Crippen LogP contribution in [0.5, 0.6) is 0 Å². The second kappa shape index (κ2) is 7.29. The lowest BCUT2D eigenvalue weighted by Gasteiger charge is -2.20. The molecule has 3 rings (SSSR count). The Labute approximate surface area is 141 Å². The summed E-state index contributed by atoms with van der Waals surface area (Å²) in [6.45, 7) is 3.73. The van der Waals surface area contributed by atoms with Gasteiger partial charge in [-0.15, -0.1) is 0 Å². The average Bonchev–Trinajstić information content (AvgIpc) is 3.24. The summed E-state index contributed by atoms with van der Waals surface area (Å²) in [5.41, 5.74) is 2.06. The Hall–Kier alpha value is -2.63. The smallest absolute Gasteiger partial charge is 0.227 e. The summed E-state index contributed by atoms with van der Waals surface area (Å²) in [6.07, 6.45) is 6.42. The third-order valence-corrected chi connectivity index (χ3v) is 4.39. The summed E-state index contributed by atoms with van der Waals surface area (Å²) in [7, 11) is 0. The molecular weight excluding hydrogens is 304 g/mol. The molecule has 0 saturated carbocycles. The number of benzene rings is 1. The van der Waals surface area contributed by atoms with Crippen LogP contribution in [0.3, 0.4) is 0 Å². The van der Waals surface area contributed by atoms with Crippen molar-refractivity contribution in [3.63, 3.8) is 0 Å². The van der Waals surface area contributed by atoms with E-state index in [1.807, 2.05) is 35.0 Å². The molecule has 2 aromatic rings. The maximum absolute atomic E-state index is 12.4. The minimum Gasteiger partial charge on any atom is -0.354 e. The quantitative estimate of drug-likeness (QED) is 0.877. The number of aryl methyl sites for hydroxylation is 1. The number of nitrogens with one attached hydrogen (secondary N) is 1. The molecule has 0 bridgehead atoms. The van der Waals surface area contributed by atoms with Crippen molar-refractivity contribution in [1.82, 2.24) is 14.9 Å². The normalized spacial score (nSPS) is 17.3. The summed E-state index contributed by atoms with van der Waals surface area (Å²) >= 11 is 0. The van der Waals surface area contributed by atoms with Crippen molar-refractivity contribution in [2.75, 3.05) is 18.0 Å². The Balaban J connectivity index is 1.58. The fraction of sp³-hybridized carbons (Fsp3) is 0.389. The molecule has 0 spiro atoms. The Morgan fingerprint density at radius 1 is 1.38 bits per heavy atom. The first-order valence-corrected chi connectivity index (χ1v) is 8.30. The first-order valence-electron chi connectivity index (χ1n) is 8.30. The molecule has 6 heteroatoms. The van der Waals surface area contributed by atoms with Crippen molar-refractivity contribution in [1.29, 1.82) is 0 Å². The van der Waals surface area contributed by atoms with Crippen LogP contribution in [0, 0.1) is 5.92 Å². The van der Waals surface area contributed by atoms with Crippen molar-refractivity contribution in [2.24, 2.45) is 5.92 Å². The highest BCUT2D eigenvalue weighted by Gasteiger charge is 2.35. The van der Waals surface area contributed by atoms with E-state index < -0.39 is 0 Å². The highest BCUT2D eigenvalue weighted by Crippen LogP contribution is 2.28. The molecule has 2 heterocycles. The van der Waals surface area contributed by atoms with Crippen LogP contribution in [0.2, 0.25) is 0 Å². The van der Waals surface area contributed by atoms with Gasteiger partial charge in [-0.1, -0.05) is 25.1 Å². The van der Waals surface area contributed by atoms with Gasteiger partial charge in [-0.05, 0) is 18.1 Å². The molecule has 2 amide bonds. The van der Waals surface area contributed by atoms with Gasteiger partial charge >= 0.3 is 0 Å². The molecule has 1 aromatic carbocycles. The van der Waals surface area contributed by atoms with E-state index in [2.05, 4.69) is 17.2 Å². The van der Waals surface area contributed by atoms with Gasteiger partial charge in [0.05, 0.1) is 12.2 Å². The highest BCUT2D eigenvalue weighted by atomic mass is 16.2. The van der Waals surface area contributed by atoms with Gasteiger partial charge in [0.2, 0.25) is 11.8 Å². The van der Waals surface area contributed by atoms with E-state index in [0.29, 0.717) is 19.6 Å². The molecule has 126 valence electrons. The molecule has 1 atom stereocenters. The fourth-order valence-electron chi connectivity index (χ4n) is 3.06. The van der Waals surface area contributed by atoms with Crippen LogP contribution in [0.15, 0.2) is 43.0 Å². The second-order valence-electron chi connectivity index (χ2n) is 5.98. The van der Waals surface area contributed by atoms with Gasteiger partial charge in [-0.25, -0.2) is 4.98 Å². The number of hydrogen-bond acceptors (Lipinski definition) is 3. The van der Waals surface area contributed by atoms with E-state index in [9.17, 15) is 9.59 Å². The van der Waals surface area contributed by atoms with Crippen LogP contribution in [0.25, 0.3) is 0 Å². The molecule has 1 unspecified atom stereocenters. The number of rotatable bonds is 6. The number of aromatic nitrogens is 2. The molecule has 1 saturated heterocycles. The largest absolute Gasteiger partial charge is 0.354 e. The summed E-state index contributed by atoms with van der Waals surface area (Å²) in [6, 6.07) is 7.89. The van der Waals surface area contributed by atoms with E-state index in [4.69, 9.17) is 0 Å². The lowest BCUT2D eigenvalue weighted by molar-refractivity contribution is -0.126. The molecule has 0 aliphatic carbocycles. The van der Waals surface area contributed by atoms with Gasteiger partial charge < -0.3 is 14.8 Å². The third kappa shape index (κ3) is 3.48. The predicted octanol–water partition coefficient (Wildman–Crippen LogP) is 1.61. The maximum Gasteiger partial charge on any atom is 0.227 e. The van der Waals surface area contributed by atoms with Gasteiger partial charge in [-0.2, -0.15) is 0 Å². The van der Waals surface area contributed by atoms with E-state index in [0.717, 1.165) is 17.7 Å². The zero-order valence-electron chi connectivity index (χ0n) is 13.8. The fourth-order valence-corrected chi connectivity index (χ4v) is 3.06. The zero-order valence-corrected chi connectivity index (χ0v) is 13.8. The van der Waals surface area contributed by atoms with Crippen LogP contribution in [-0.2, 0) is 22.6 Å². The number of amides is 2. The monoisotopic (exact) mass is 326 g/mol. The Bertz CT molecular complexity index is 712. The Morgan fingerprint density at radius 2 is 2.21 bits per heavy atom. The summed E-state index contributed by atoms with van der Waals surface area (Å²) < 4.78 is 1.91. The Morgan fingerprint density at radius 3 is 2.96 bits per heavy atom. The van der Waals surface area contributed by atoms with E-state index >= 15 is 0 Å². The van der Waals surface area contributed by atoms with Gasteiger partial charge in [-0.3, -0.25) is 9.59 Å². The topological polar surface area (TPSA) is 67.2 Å². The van der Waals surface area contributed by atoms with E-state index in [-0.39, 0.29) is 24.2 Å². The van der Waals surface area contributed by atoms with Crippen molar-refractivity contribution in [3.05, 3.63) is 48.5 Å². The number of carbonyl (C=O) groups excluding carboxylic acids is 2. The van der Waals surface area contributed by atoms with Crippen LogP contribution in [0.1, 0.15) is 18.9 Å². The average molecular weight is 326 g/mol. The third-order valence-electron chi connectivity index (χ3n) is 4.39. The molecule has 1 aliphatic rings. The number of nitrogens with zero attached hydrogens (tertiary/aromatic N) is 3. The molecule has 1 fully saturated rings. The highest BCUT2D eigenvalue weighted by molar-refractivity contribution is 6.00. The first-order chi connectivity index (χ1) is 11.7. The minimum atomic E-state index is -0.287. The number of imidazole rings is 1. The lowest BCUT2D eigenvalue weighted by atomic mass is 10.1. The number of carbonyl (C=O) groups is 2. The standard InChI is InChI=1S/C18H22N4O2/c1-2-14-5-3-4-6-16(14)22-12-15(11-17(22)23)18(24)20-8-10-21-9-7-19-13-21/h3-7,9,13,15H,2,8,10-12H2,1H3,(H,20,24). The van der Waals surface area contributed by atoms with Crippen LogP contribution < -0.4 is 10.2 Å². The van der Waals surface area contributed by atoms with Gasteiger partial charge in [0, 0.05) is 44.1 Å². The number of anilines is 1. The summed E-state index contributed by atoms with van der Waals surface area (Å²) in [5, 5.41) is 2.92. The minimum absolute atomic E-state index is 0.0191. The predicted molar refractivity (Wildman–Crippen MR) is 91.5 cm³/mol. The molecule has 1 aliphatic heterocycles. The number of hydrogen-bond donors (Lipinski definition) is 1. The van der Waals surface area contributed by atoms with Crippen molar-refractivity contribution < 1.29 is 9.59 Å². The van der Waals surface area contributed by atoms with Crippen molar-refractivity contribution in [2.45, 2.75) is 26.3 Å². The van der Waals surface area contributed by atoms with E-state index in [1.54, 1.807) is 17.4 Å². The van der Waals surface area contributed by atoms with Gasteiger partial charge in [0.1, 0.15) is 0 Å². The Kier molecular flexibility index (Phi) is 4.93. The molecule has 1 N–H and O–H groups in total. The zero-order chi connectivity index (χ0) is 16.9. The van der Waals surface area contributed by atoms with Gasteiger partial charge in [0.25, 0.3) is 0 Å². The lowest BCUT2D eigenvalue weighted by Crippen LogP contribution is -2.34. The number of para-hydroxylation sites is 1. The van der Waals surface area contributed by atoms with Crippen molar-refractivity contribution in [3.8, 4) is 0 Å². The van der Waals surface area contributed by atoms with Crippen LogP contribution in [-0.4, -0.2) is 34.5 Å². The summed E-state index contributed by atoms with van der Waals surface area (Å²) in [5.74, 6) is -0.323. The second-order valence-corrected chi connectivity index (χ2v) is 5.98. The SMILES string of the molecule is CCc1ccccc1N1CC(C(=O)NCCn2ccnc2)CC1=O. The molecule has 0 radical (unpaired) electrons. The van der Waals surface area contributed by atoms with Crippen LogP contribution in [0.4, 0.5) is 5.69 Å². The van der Waals surface area contributed by atoms with Crippen molar-refractivity contribution >= 4 is 17.5 Å². The molecular formula is C18H22N4O2. The molecule has 6 nitrogen and oxygen atoms in total. The first kappa shape index (κ1) is 16.2. The van der Waals surface area contributed by atoms with Crippen LogP contribution >= 0.6 is 0 Å². The maximum atomic E-state index is 12.4. The van der Waals surface area contributed by atoms with Gasteiger partial charge in [0.15, 0.2) is 0 Å². The molecule has 24 heavy (non-hydrogen) atoms.